The molecular formula is C19H19N3O6S. The third-order valence-corrected chi connectivity index (χ3v) is 6.31. The molecule has 0 spiro atoms. The summed E-state index contributed by atoms with van der Waals surface area (Å²) in [6.07, 6.45) is 0.414. The number of sulfonamides is 1. The van der Waals surface area contributed by atoms with Gasteiger partial charge in [-0.1, -0.05) is 12.1 Å². The van der Waals surface area contributed by atoms with Crippen LogP contribution in [0.2, 0.25) is 0 Å². The number of carbonyl (C=O) groups excluding carboxylic acids is 2. The number of hydrogen-bond donors (Lipinski definition) is 1. The minimum Gasteiger partial charge on any atom is -0.280 e. The first-order valence-electron chi connectivity index (χ1n) is 8.79. The maximum atomic E-state index is 12.8. The Balaban J connectivity index is 1.82. The standard InChI is InChI=1S/C19H19N3O6S/c1-12-9-16(22(25)26)10-17(13(12)2)29(27,28)20-15-5-3-14(4-6-15)11-21-18(23)7-8-19(21)24/h3-6,9-10,20H,7-8,11H2,1-2H3. The second-order valence-electron chi connectivity index (χ2n) is 6.82. The molecule has 0 aliphatic carbocycles. The fourth-order valence-electron chi connectivity index (χ4n) is 3.06. The molecule has 0 aromatic heterocycles. The summed E-state index contributed by atoms with van der Waals surface area (Å²) in [6.45, 7) is 3.33. The molecule has 2 amide bonds. The number of imide groups is 1. The van der Waals surface area contributed by atoms with E-state index in [0.29, 0.717) is 16.7 Å². The van der Waals surface area contributed by atoms with E-state index in [4.69, 9.17) is 0 Å². The SMILES string of the molecule is Cc1cc([N+](=O)[O-])cc(S(=O)(=O)Nc2ccc(CN3C(=O)CCC3=O)cc2)c1C. The van der Waals surface area contributed by atoms with E-state index in [1.165, 1.54) is 23.1 Å². The van der Waals surface area contributed by atoms with Crippen molar-refractivity contribution in [1.29, 1.82) is 0 Å². The van der Waals surface area contributed by atoms with Gasteiger partial charge < -0.3 is 0 Å². The number of non-ortho nitro benzene ring substituents is 1. The number of nitrogens with one attached hydrogen (secondary N) is 1. The van der Waals surface area contributed by atoms with Gasteiger partial charge >= 0.3 is 0 Å². The predicted molar refractivity (Wildman–Crippen MR) is 105 cm³/mol. The highest BCUT2D eigenvalue weighted by Gasteiger charge is 2.28. The fourth-order valence-corrected chi connectivity index (χ4v) is 4.46. The summed E-state index contributed by atoms with van der Waals surface area (Å²) in [5.41, 5.74) is 1.56. The minimum atomic E-state index is -4.05. The summed E-state index contributed by atoms with van der Waals surface area (Å²) in [4.78, 5) is 34.8. The Labute approximate surface area is 167 Å². The van der Waals surface area contributed by atoms with Crippen molar-refractivity contribution in [2.24, 2.45) is 0 Å². The van der Waals surface area contributed by atoms with E-state index in [1.54, 1.807) is 26.0 Å². The average molecular weight is 417 g/mol. The third kappa shape index (κ3) is 4.27. The third-order valence-electron chi connectivity index (χ3n) is 4.81. The molecule has 29 heavy (non-hydrogen) atoms. The zero-order valence-electron chi connectivity index (χ0n) is 15.8. The van der Waals surface area contributed by atoms with Crippen molar-refractivity contribution in [3.63, 3.8) is 0 Å². The predicted octanol–water partition coefficient (Wildman–Crippen LogP) is 2.66. The van der Waals surface area contributed by atoms with Gasteiger partial charge in [-0.15, -0.1) is 0 Å². The molecule has 0 bridgehead atoms. The maximum Gasteiger partial charge on any atom is 0.271 e. The zero-order chi connectivity index (χ0) is 21.3. The van der Waals surface area contributed by atoms with E-state index in [2.05, 4.69) is 4.72 Å². The van der Waals surface area contributed by atoms with Crippen molar-refractivity contribution in [3.8, 4) is 0 Å². The van der Waals surface area contributed by atoms with Gasteiger partial charge in [-0.2, -0.15) is 0 Å². The first-order valence-corrected chi connectivity index (χ1v) is 10.3. The number of amides is 2. The quantitative estimate of drug-likeness (QED) is 0.437. The number of carbonyl (C=O) groups is 2. The number of nitrogens with zero attached hydrogens (tertiary/aromatic N) is 2. The van der Waals surface area contributed by atoms with E-state index in [0.717, 1.165) is 6.07 Å². The van der Waals surface area contributed by atoms with Crippen LogP contribution in [0.4, 0.5) is 11.4 Å². The Kier molecular flexibility index (Phi) is 5.38. The number of nitro groups is 1. The van der Waals surface area contributed by atoms with Crippen molar-refractivity contribution < 1.29 is 22.9 Å². The Bertz CT molecular complexity index is 1090. The number of likely N-dealkylation sites (tertiary alicyclic amines) is 1. The Hall–Kier alpha value is -3.27. The second kappa shape index (κ2) is 7.63. The smallest absolute Gasteiger partial charge is 0.271 e. The average Bonchev–Trinajstić information content (AvgIpc) is 2.96. The van der Waals surface area contributed by atoms with Gasteiger partial charge in [0.25, 0.3) is 15.7 Å². The van der Waals surface area contributed by atoms with Gasteiger partial charge in [0.15, 0.2) is 0 Å². The Morgan fingerprint density at radius 1 is 1.07 bits per heavy atom. The number of rotatable bonds is 6. The molecule has 0 unspecified atom stereocenters. The molecule has 1 aliphatic rings. The summed E-state index contributed by atoms with van der Waals surface area (Å²) in [6, 6.07) is 8.60. The summed E-state index contributed by atoms with van der Waals surface area (Å²) < 4.78 is 27.9. The molecule has 1 fully saturated rings. The number of aryl methyl sites for hydroxylation is 1. The molecule has 0 saturated carbocycles. The van der Waals surface area contributed by atoms with Gasteiger partial charge in [0.05, 0.1) is 16.4 Å². The lowest BCUT2D eigenvalue weighted by Crippen LogP contribution is -2.28. The van der Waals surface area contributed by atoms with Gasteiger partial charge in [0.1, 0.15) is 0 Å². The highest BCUT2D eigenvalue weighted by molar-refractivity contribution is 7.92. The molecule has 10 heteroatoms. The highest BCUT2D eigenvalue weighted by Crippen LogP contribution is 2.27. The summed E-state index contributed by atoms with van der Waals surface area (Å²) in [5.74, 6) is -0.451. The molecule has 0 atom stereocenters. The van der Waals surface area contributed by atoms with Crippen LogP contribution in [0.5, 0.6) is 0 Å². The van der Waals surface area contributed by atoms with Crippen LogP contribution in [-0.2, 0) is 26.2 Å². The van der Waals surface area contributed by atoms with E-state index in [-0.39, 0.29) is 47.5 Å². The molecule has 1 heterocycles. The molecular weight excluding hydrogens is 398 g/mol. The minimum absolute atomic E-state index is 0.133. The van der Waals surface area contributed by atoms with Crippen molar-refractivity contribution >= 4 is 33.2 Å². The van der Waals surface area contributed by atoms with Crippen LogP contribution in [0.3, 0.4) is 0 Å². The molecule has 2 aromatic rings. The Morgan fingerprint density at radius 3 is 2.21 bits per heavy atom. The van der Waals surface area contributed by atoms with Crippen LogP contribution >= 0.6 is 0 Å². The van der Waals surface area contributed by atoms with Crippen LogP contribution in [0.1, 0.15) is 29.5 Å². The van der Waals surface area contributed by atoms with Crippen LogP contribution in [-0.4, -0.2) is 30.1 Å². The van der Waals surface area contributed by atoms with Crippen LogP contribution in [0.15, 0.2) is 41.3 Å². The van der Waals surface area contributed by atoms with E-state index < -0.39 is 14.9 Å². The normalized spacial score (nSPS) is 14.3. The van der Waals surface area contributed by atoms with Gasteiger partial charge in [0, 0.05) is 30.7 Å². The zero-order valence-corrected chi connectivity index (χ0v) is 16.7. The summed E-state index contributed by atoms with van der Waals surface area (Å²) >= 11 is 0. The first kappa shape index (κ1) is 20.5. The van der Waals surface area contributed by atoms with Gasteiger partial charge in [-0.05, 0) is 42.7 Å². The topological polar surface area (TPSA) is 127 Å². The second-order valence-corrected chi connectivity index (χ2v) is 8.47. The van der Waals surface area contributed by atoms with E-state index in [1.807, 2.05) is 0 Å². The van der Waals surface area contributed by atoms with Gasteiger partial charge in [0.2, 0.25) is 11.8 Å². The number of anilines is 1. The monoisotopic (exact) mass is 417 g/mol. The van der Waals surface area contributed by atoms with E-state index in [9.17, 15) is 28.1 Å². The lowest BCUT2D eigenvalue weighted by molar-refractivity contribution is -0.385. The number of nitro benzene ring substituents is 1. The first-order chi connectivity index (χ1) is 13.6. The molecule has 3 rings (SSSR count). The highest BCUT2D eigenvalue weighted by atomic mass is 32.2. The van der Waals surface area contributed by atoms with Crippen molar-refractivity contribution in [2.45, 2.75) is 38.1 Å². The van der Waals surface area contributed by atoms with Crippen molar-refractivity contribution in [3.05, 3.63) is 63.2 Å². The maximum absolute atomic E-state index is 12.8. The molecule has 0 radical (unpaired) electrons. The molecule has 9 nitrogen and oxygen atoms in total. The molecule has 2 aromatic carbocycles. The Morgan fingerprint density at radius 2 is 1.66 bits per heavy atom. The number of benzene rings is 2. The molecule has 152 valence electrons. The lowest BCUT2D eigenvalue weighted by atomic mass is 10.1. The van der Waals surface area contributed by atoms with Crippen LogP contribution in [0, 0.1) is 24.0 Å². The number of hydrogen-bond acceptors (Lipinski definition) is 6. The van der Waals surface area contributed by atoms with Crippen LogP contribution in [0.25, 0.3) is 0 Å². The molecule has 1 aliphatic heterocycles. The van der Waals surface area contributed by atoms with Gasteiger partial charge in [-0.3, -0.25) is 29.3 Å². The van der Waals surface area contributed by atoms with Gasteiger partial charge in [-0.25, -0.2) is 8.42 Å². The fraction of sp³-hybridized carbons (Fsp3) is 0.263. The summed E-state index contributed by atoms with van der Waals surface area (Å²) in [5, 5.41) is 11.1. The van der Waals surface area contributed by atoms with Crippen molar-refractivity contribution in [2.75, 3.05) is 4.72 Å². The summed E-state index contributed by atoms with van der Waals surface area (Å²) in [7, 11) is -4.05. The largest absolute Gasteiger partial charge is 0.280 e. The van der Waals surface area contributed by atoms with E-state index >= 15 is 0 Å². The van der Waals surface area contributed by atoms with Crippen molar-refractivity contribution in [1.82, 2.24) is 4.90 Å². The molecule has 1 N–H and O–H groups in total. The molecule has 1 saturated heterocycles. The lowest BCUT2D eigenvalue weighted by Gasteiger charge is -2.15. The van der Waals surface area contributed by atoms with Crippen LogP contribution < -0.4 is 4.72 Å².